The number of nitrogens with zero attached hydrogens (tertiary/aromatic N) is 1. The molecule has 0 saturated carbocycles. The molecule has 1 aromatic carbocycles. The molecule has 134 valence electrons. The summed E-state index contributed by atoms with van der Waals surface area (Å²) in [6, 6.07) is 8.45. The SMILES string of the molecule is O=C(NCCN1C(=O)S/C(=C/c2ccc(Cl)c(Cl)c2)C1=O)c1cccs1. The van der Waals surface area contributed by atoms with Gasteiger partial charge in [0.15, 0.2) is 0 Å². The summed E-state index contributed by atoms with van der Waals surface area (Å²) < 4.78 is 0. The summed E-state index contributed by atoms with van der Waals surface area (Å²) in [5.74, 6) is -0.616. The van der Waals surface area contributed by atoms with Crippen molar-refractivity contribution in [2.45, 2.75) is 0 Å². The lowest BCUT2D eigenvalue weighted by atomic mass is 10.2. The van der Waals surface area contributed by atoms with E-state index < -0.39 is 5.91 Å². The smallest absolute Gasteiger partial charge is 0.293 e. The number of hydrogen-bond acceptors (Lipinski definition) is 5. The maximum atomic E-state index is 12.4. The van der Waals surface area contributed by atoms with E-state index in [4.69, 9.17) is 23.2 Å². The molecule has 0 aliphatic carbocycles. The van der Waals surface area contributed by atoms with Crippen LogP contribution in [0.25, 0.3) is 6.08 Å². The fourth-order valence-corrected chi connectivity index (χ4v) is 4.03. The van der Waals surface area contributed by atoms with Crippen molar-refractivity contribution >= 4 is 69.4 Å². The number of benzene rings is 1. The van der Waals surface area contributed by atoms with Gasteiger partial charge in [0, 0.05) is 13.1 Å². The number of nitrogens with one attached hydrogen (secondary N) is 1. The van der Waals surface area contributed by atoms with Crippen molar-refractivity contribution in [3.8, 4) is 0 Å². The van der Waals surface area contributed by atoms with E-state index in [1.807, 2.05) is 0 Å². The summed E-state index contributed by atoms with van der Waals surface area (Å²) in [6.07, 6.45) is 1.59. The van der Waals surface area contributed by atoms with Crippen molar-refractivity contribution < 1.29 is 14.4 Å². The summed E-state index contributed by atoms with van der Waals surface area (Å²) >= 11 is 14.0. The highest BCUT2D eigenvalue weighted by Crippen LogP contribution is 2.33. The Balaban J connectivity index is 1.62. The average Bonchev–Trinajstić information content (AvgIpc) is 3.22. The fraction of sp³-hybridized carbons (Fsp3) is 0.118. The molecule has 2 aromatic rings. The van der Waals surface area contributed by atoms with E-state index in [1.165, 1.54) is 11.3 Å². The average molecular weight is 427 g/mol. The maximum Gasteiger partial charge on any atom is 0.293 e. The molecule has 5 nitrogen and oxygen atoms in total. The van der Waals surface area contributed by atoms with Crippen LogP contribution in [-0.2, 0) is 4.79 Å². The van der Waals surface area contributed by atoms with Crippen LogP contribution in [0.3, 0.4) is 0 Å². The van der Waals surface area contributed by atoms with Crippen molar-refractivity contribution in [2.24, 2.45) is 0 Å². The molecule has 1 fully saturated rings. The van der Waals surface area contributed by atoms with E-state index in [1.54, 1.807) is 41.8 Å². The van der Waals surface area contributed by atoms with Crippen molar-refractivity contribution in [1.82, 2.24) is 10.2 Å². The topological polar surface area (TPSA) is 66.5 Å². The second-order valence-corrected chi connectivity index (χ2v) is 8.00. The Labute approximate surface area is 168 Å². The first kappa shape index (κ1) is 19.0. The molecule has 26 heavy (non-hydrogen) atoms. The Morgan fingerprint density at radius 3 is 2.69 bits per heavy atom. The molecule has 1 aliphatic heterocycles. The second kappa shape index (κ2) is 8.26. The Morgan fingerprint density at radius 1 is 1.19 bits per heavy atom. The Morgan fingerprint density at radius 2 is 2.00 bits per heavy atom. The molecule has 0 unspecified atom stereocenters. The summed E-state index contributed by atoms with van der Waals surface area (Å²) in [5.41, 5.74) is 0.677. The van der Waals surface area contributed by atoms with Gasteiger partial charge in [0.05, 0.1) is 19.8 Å². The van der Waals surface area contributed by atoms with Crippen molar-refractivity contribution in [2.75, 3.05) is 13.1 Å². The predicted molar refractivity (Wildman–Crippen MR) is 106 cm³/mol. The number of thioether (sulfide) groups is 1. The Hall–Kier alpha value is -1.80. The number of carbonyl (C=O) groups excluding carboxylic acids is 3. The number of halogens is 2. The van der Waals surface area contributed by atoms with Crippen LogP contribution >= 0.6 is 46.3 Å². The highest BCUT2D eigenvalue weighted by atomic mass is 35.5. The summed E-state index contributed by atoms with van der Waals surface area (Å²) in [6.45, 7) is 0.301. The van der Waals surface area contributed by atoms with Crippen LogP contribution in [-0.4, -0.2) is 35.0 Å². The third-order valence-electron chi connectivity index (χ3n) is 3.48. The molecule has 1 saturated heterocycles. The van der Waals surface area contributed by atoms with Gasteiger partial charge in [0.2, 0.25) is 0 Å². The molecule has 3 amide bonds. The zero-order valence-electron chi connectivity index (χ0n) is 13.2. The molecular weight excluding hydrogens is 415 g/mol. The van der Waals surface area contributed by atoms with Gasteiger partial charge < -0.3 is 5.32 Å². The lowest BCUT2D eigenvalue weighted by molar-refractivity contribution is -0.122. The van der Waals surface area contributed by atoms with Crippen LogP contribution in [0.2, 0.25) is 10.0 Å². The van der Waals surface area contributed by atoms with Gasteiger partial charge in [-0.2, -0.15) is 0 Å². The first-order chi connectivity index (χ1) is 12.5. The third-order valence-corrected chi connectivity index (χ3v) is 6.00. The summed E-state index contributed by atoms with van der Waals surface area (Å²) in [5, 5.41) is 4.92. The summed E-state index contributed by atoms with van der Waals surface area (Å²) in [7, 11) is 0. The van der Waals surface area contributed by atoms with Crippen LogP contribution in [0.15, 0.2) is 40.6 Å². The lowest BCUT2D eigenvalue weighted by Crippen LogP contribution is -2.37. The van der Waals surface area contributed by atoms with Crippen LogP contribution in [0.5, 0.6) is 0 Å². The first-order valence-electron chi connectivity index (χ1n) is 7.48. The molecule has 9 heteroatoms. The Bertz CT molecular complexity index is 897. The standard InChI is InChI=1S/C17H12Cl2N2O3S2/c18-11-4-3-10(8-12(11)19)9-14-16(23)21(17(24)26-14)6-5-20-15(22)13-2-1-7-25-13/h1-4,7-9H,5-6H2,(H,20,22)/b14-9+. The second-order valence-electron chi connectivity index (χ2n) is 5.24. The van der Waals surface area contributed by atoms with E-state index in [-0.39, 0.29) is 24.2 Å². The third kappa shape index (κ3) is 4.29. The predicted octanol–water partition coefficient (Wildman–Crippen LogP) is 4.52. The van der Waals surface area contributed by atoms with Gasteiger partial charge in [-0.15, -0.1) is 11.3 Å². The van der Waals surface area contributed by atoms with E-state index in [0.717, 1.165) is 16.7 Å². The van der Waals surface area contributed by atoms with Gasteiger partial charge in [-0.1, -0.05) is 35.3 Å². The van der Waals surface area contributed by atoms with Gasteiger partial charge in [0.25, 0.3) is 17.1 Å². The van der Waals surface area contributed by atoms with Gasteiger partial charge in [-0.05, 0) is 47.0 Å². The molecule has 3 rings (SSSR count). The molecule has 0 radical (unpaired) electrons. The summed E-state index contributed by atoms with van der Waals surface area (Å²) in [4.78, 5) is 38.4. The minimum Gasteiger partial charge on any atom is -0.350 e. The molecule has 1 aromatic heterocycles. The highest BCUT2D eigenvalue weighted by Gasteiger charge is 2.34. The zero-order valence-corrected chi connectivity index (χ0v) is 16.3. The van der Waals surface area contributed by atoms with E-state index in [0.29, 0.717) is 25.4 Å². The highest BCUT2D eigenvalue weighted by molar-refractivity contribution is 8.18. The van der Waals surface area contributed by atoms with Crippen LogP contribution in [0, 0.1) is 0 Å². The normalized spacial score (nSPS) is 15.8. The minimum atomic E-state index is -0.392. The molecular formula is C17H12Cl2N2O3S2. The number of imide groups is 1. The van der Waals surface area contributed by atoms with Crippen LogP contribution < -0.4 is 5.32 Å². The molecule has 0 spiro atoms. The molecule has 2 heterocycles. The Kier molecular flexibility index (Phi) is 6.03. The van der Waals surface area contributed by atoms with E-state index >= 15 is 0 Å². The van der Waals surface area contributed by atoms with Crippen molar-refractivity contribution in [1.29, 1.82) is 0 Å². The number of hydrogen-bond donors (Lipinski definition) is 1. The van der Waals surface area contributed by atoms with Crippen molar-refractivity contribution in [3.05, 3.63) is 61.1 Å². The quantitative estimate of drug-likeness (QED) is 0.713. The maximum absolute atomic E-state index is 12.4. The lowest BCUT2D eigenvalue weighted by Gasteiger charge is -2.12. The van der Waals surface area contributed by atoms with Gasteiger partial charge in [-0.3, -0.25) is 19.3 Å². The largest absolute Gasteiger partial charge is 0.350 e. The molecule has 1 aliphatic rings. The molecule has 1 N–H and O–H groups in total. The fourth-order valence-electron chi connectivity index (χ4n) is 2.22. The monoisotopic (exact) mass is 426 g/mol. The van der Waals surface area contributed by atoms with Crippen LogP contribution in [0.1, 0.15) is 15.2 Å². The van der Waals surface area contributed by atoms with Crippen LogP contribution in [0.4, 0.5) is 4.79 Å². The van der Waals surface area contributed by atoms with E-state index in [9.17, 15) is 14.4 Å². The van der Waals surface area contributed by atoms with Crippen molar-refractivity contribution in [3.63, 3.8) is 0 Å². The minimum absolute atomic E-state index is 0.112. The first-order valence-corrected chi connectivity index (χ1v) is 9.93. The van der Waals surface area contributed by atoms with Gasteiger partial charge >= 0.3 is 0 Å². The van der Waals surface area contributed by atoms with E-state index in [2.05, 4.69) is 5.32 Å². The zero-order chi connectivity index (χ0) is 18.7. The van der Waals surface area contributed by atoms with Gasteiger partial charge in [0.1, 0.15) is 0 Å². The molecule has 0 bridgehead atoms. The number of amides is 3. The van der Waals surface area contributed by atoms with Gasteiger partial charge in [-0.25, -0.2) is 0 Å². The molecule has 0 atom stereocenters. The number of carbonyl (C=O) groups is 3. The number of rotatable bonds is 5. The number of thiophene rings is 1.